The summed E-state index contributed by atoms with van der Waals surface area (Å²) in [6.07, 6.45) is -1.26. The van der Waals surface area contributed by atoms with Crippen LogP contribution in [0.5, 0.6) is 0 Å². The van der Waals surface area contributed by atoms with Crippen LogP contribution in [-0.2, 0) is 9.47 Å². The van der Waals surface area contributed by atoms with Gasteiger partial charge in [-0.1, -0.05) is 0 Å². The van der Waals surface area contributed by atoms with Gasteiger partial charge in [0.05, 0.1) is 12.2 Å². The van der Waals surface area contributed by atoms with Gasteiger partial charge in [0.1, 0.15) is 6.61 Å². The lowest BCUT2D eigenvalue weighted by Gasteiger charge is -2.18. The highest BCUT2D eigenvalue weighted by atomic mass is 16.7. The topological polar surface area (TPSA) is 55.8 Å². The van der Waals surface area contributed by atoms with E-state index in [1.807, 2.05) is 20.8 Å². The second-order valence-corrected chi connectivity index (χ2v) is 3.08. The van der Waals surface area contributed by atoms with Crippen LogP contribution in [0.3, 0.4) is 0 Å². The first-order chi connectivity index (χ1) is 4.92. The molecule has 0 radical (unpaired) electrons. The summed E-state index contributed by atoms with van der Waals surface area (Å²) in [5.41, 5.74) is -0.234. The van der Waals surface area contributed by atoms with Gasteiger partial charge in [0, 0.05) is 0 Å². The first kappa shape index (κ1) is 10.2. The lowest BCUT2D eigenvalue weighted by atomic mass is 10.2. The van der Waals surface area contributed by atoms with E-state index in [4.69, 9.17) is 9.84 Å². The summed E-state index contributed by atoms with van der Waals surface area (Å²) in [4.78, 5) is 9.85. The van der Waals surface area contributed by atoms with E-state index in [0.717, 1.165) is 0 Å². The second-order valence-electron chi connectivity index (χ2n) is 3.08. The molecule has 0 fully saturated rings. The molecular formula is C7H14O4. The summed E-state index contributed by atoms with van der Waals surface area (Å²) in [5.74, 6) is 0. The molecule has 66 valence electrons. The van der Waals surface area contributed by atoms with E-state index in [1.165, 1.54) is 0 Å². The molecule has 0 saturated heterocycles. The van der Waals surface area contributed by atoms with Gasteiger partial charge in [-0.2, -0.15) is 0 Å². The molecule has 4 nitrogen and oxygen atoms in total. The van der Waals surface area contributed by atoms with Gasteiger partial charge < -0.3 is 14.6 Å². The Morgan fingerprint density at radius 2 is 1.91 bits per heavy atom. The molecule has 0 saturated carbocycles. The summed E-state index contributed by atoms with van der Waals surface area (Å²) in [6.45, 7) is 6.08. The van der Waals surface area contributed by atoms with Crippen LogP contribution < -0.4 is 0 Å². The normalized spacial score (nSPS) is 11.2. The van der Waals surface area contributed by atoms with Crippen molar-refractivity contribution < 1.29 is 19.4 Å². The van der Waals surface area contributed by atoms with Crippen molar-refractivity contribution in [2.45, 2.75) is 26.4 Å². The maximum Gasteiger partial charge on any atom is 0.505 e. The third-order valence-corrected chi connectivity index (χ3v) is 0.844. The Hall–Kier alpha value is -0.770. The van der Waals surface area contributed by atoms with Crippen LogP contribution in [0.25, 0.3) is 0 Å². The number of carboxylic acid groups (broad SMARTS) is 1. The summed E-state index contributed by atoms with van der Waals surface area (Å²) < 4.78 is 9.42. The van der Waals surface area contributed by atoms with E-state index in [0.29, 0.717) is 6.61 Å². The molecule has 11 heavy (non-hydrogen) atoms. The fourth-order valence-corrected chi connectivity index (χ4v) is 0.477. The Morgan fingerprint density at radius 3 is 2.27 bits per heavy atom. The largest absolute Gasteiger partial charge is 0.505 e. The van der Waals surface area contributed by atoms with Crippen molar-refractivity contribution in [1.29, 1.82) is 0 Å². The zero-order valence-corrected chi connectivity index (χ0v) is 7.09. The Balaban J connectivity index is 3.22. The average molecular weight is 162 g/mol. The van der Waals surface area contributed by atoms with E-state index in [9.17, 15) is 4.79 Å². The van der Waals surface area contributed by atoms with Crippen LogP contribution in [0.1, 0.15) is 20.8 Å². The maximum absolute atomic E-state index is 9.85. The van der Waals surface area contributed by atoms with E-state index in [-0.39, 0.29) is 12.2 Å². The van der Waals surface area contributed by atoms with Gasteiger partial charge in [-0.05, 0) is 20.8 Å². The Bertz CT molecular complexity index is 125. The predicted octanol–water partition coefficient (Wildman–Crippen LogP) is 1.50. The van der Waals surface area contributed by atoms with Gasteiger partial charge in [0.25, 0.3) is 0 Å². The highest BCUT2D eigenvalue weighted by Crippen LogP contribution is 2.05. The van der Waals surface area contributed by atoms with Gasteiger partial charge in [-0.3, -0.25) is 0 Å². The van der Waals surface area contributed by atoms with Crippen molar-refractivity contribution in [3.8, 4) is 0 Å². The van der Waals surface area contributed by atoms with Crippen molar-refractivity contribution in [3.05, 3.63) is 0 Å². The fourth-order valence-electron chi connectivity index (χ4n) is 0.477. The lowest BCUT2D eigenvalue weighted by Crippen LogP contribution is -2.22. The van der Waals surface area contributed by atoms with Crippen LogP contribution in [0.15, 0.2) is 0 Å². The van der Waals surface area contributed by atoms with Gasteiger partial charge >= 0.3 is 6.16 Å². The van der Waals surface area contributed by atoms with Crippen molar-refractivity contribution in [3.63, 3.8) is 0 Å². The molecule has 0 rings (SSSR count). The average Bonchev–Trinajstić information content (AvgIpc) is 1.78. The molecule has 0 aromatic rings. The fraction of sp³-hybridized carbons (Fsp3) is 0.857. The van der Waals surface area contributed by atoms with E-state index >= 15 is 0 Å². The molecule has 0 aromatic heterocycles. The summed E-state index contributed by atoms with van der Waals surface area (Å²) in [6, 6.07) is 0. The Morgan fingerprint density at radius 1 is 1.36 bits per heavy atom. The van der Waals surface area contributed by atoms with E-state index in [1.54, 1.807) is 0 Å². The van der Waals surface area contributed by atoms with Crippen LogP contribution in [0.4, 0.5) is 4.79 Å². The molecule has 0 spiro atoms. The zero-order valence-electron chi connectivity index (χ0n) is 7.09. The van der Waals surface area contributed by atoms with Crippen LogP contribution in [0, 0.1) is 0 Å². The van der Waals surface area contributed by atoms with Crippen LogP contribution in [0.2, 0.25) is 0 Å². The quantitative estimate of drug-likeness (QED) is 0.504. The number of carbonyl (C=O) groups is 1. The molecule has 0 aromatic carbocycles. The molecule has 4 heteroatoms. The van der Waals surface area contributed by atoms with Gasteiger partial charge in [-0.25, -0.2) is 4.79 Å². The Labute approximate surface area is 66.1 Å². The first-order valence-electron chi connectivity index (χ1n) is 3.41. The number of hydrogen-bond acceptors (Lipinski definition) is 3. The molecule has 0 bridgehead atoms. The number of hydrogen-bond donors (Lipinski definition) is 1. The second kappa shape index (κ2) is 4.18. The lowest BCUT2D eigenvalue weighted by molar-refractivity contribution is -0.0287. The molecule has 1 N–H and O–H groups in total. The minimum atomic E-state index is -1.26. The van der Waals surface area contributed by atoms with Crippen LogP contribution in [-0.4, -0.2) is 30.1 Å². The van der Waals surface area contributed by atoms with Crippen molar-refractivity contribution in [1.82, 2.24) is 0 Å². The van der Waals surface area contributed by atoms with Crippen molar-refractivity contribution in [2.24, 2.45) is 0 Å². The molecule has 0 atom stereocenters. The van der Waals surface area contributed by atoms with Gasteiger partial charge in [-0.15, -0.1) is 0 Å². The van der Waals surface area contributed by atoms with Crippen molar-refractivity contribution >= 4 is 6.16 Å². The molecular weight excluding hydrogens is 148 g/mol. The molecule has 0 aliphatic heterocycles. The van der Waals surface area contributed by atoms with Gasteiger partial charge in [0.2, 0.25) is 0 Å². The highest BCUT2D eigenvalue weighted by Gasteiger charge is 2.09. The summed E-state index contributed by atoms with van der Waals surface area (Å²) in [5, 5.41) is 8.07. The highest BCUT2D eigenvalue weighted by molar-refractivity contribution is 5.56. The molecule has 0 heterocycles. The smallest absolute Gasteiger partial charge is 0.450 e. The van der Waals surface area contributed by atoms with E-state index in [2.05, 4.69) is 4.74 Å². The third kappa shape index (κ3) is 9.23. The minimum absolute atomic E-state index is 0.0899. The molecule has 0 aliphatic carbocycles. The zero-order chi connectivity index (χ0) is 8.91. The predicted molar refractivity (Wildman–Crippen MR) is 39.7 cm³/mol. The molecule has 0 aliphatic rings. The Kier molecular flexibility index (Phi) is 3.89. The maximum atomic E-state index is 9.85. The number of ether oxygens (including phenoxy) is 2. The van der Waals surface area contributed by atoms with Gasteiger partial charge in [0.15, 0.2) is 0 Å². The van der Waals surface area contributed by atoms with E-state index < -0.39 is 6.16 Å². The van der Waals surface area contributed by atoms with Crippen molar-refractivity contribution in [2.75, 3.05) is 13.2 Å². The first-order valence-corrected chi connectivity index (χ1v) is 3.41. The molecule has 0 amide bonds. The standard InChI is InChI=1S/C7H14O4/c1-7(2,3)11-5-4-10-6(8)9/h4-5H2,1-3H3,(H,8,9). The van der Waals surface area contributed by atoms with Crippen LogP contribution >= 0.6 is 0 Å². The minimum Gasteiger partial charge on any atom is -0.450 e. The molecule has 0 unspecified atom stereocenters. The number of rotatable bonds is 3. The summed E-state index contributed by atoms with van der Waals surface area (Å²) in [7, 11) is 0. The SMILES string of the molecule is CC(C)(C)OCCOC(=O)O. The monoisotopic (exact) mass is 162 g/mol. The third-order valence-electron chi connectivity index (χ3n) is 0.844. The summed E-state index contributed by atoms with van der Waals surface area (Å²) >= 11 is 0.